The molecule has 1 rings (SSSR count). The maximum atomic E-state index is 11.7. The second kappa shape index (κ2) is 10.6. The van der Waals surface area contributed by atoms with E-state index in [1.807, 2.05) is 4.90 Å². The van der Waals surface area contributed by atoms with Crippen molar-refractivity contribution in [2.75, 3.05) is 20.3 Å². The summed E-state index contributed by atoms with van der Waals surface area (Å²) in [6.07, 6.45) is 6.64. The molecule has 1 saturated heterocycles. The van der Waals surface area contributed by atoms with Crippen LogP contribution in [0.15, 0.2) is 0 Å². The molecule has 0 N–H and O–H groups in total. The van der Waals surface area contributed by atoms with Gasteiger partial charge in [-0.15, -0.1) is 0 Å². The predicted molar refractivity (Wildman–Crippen MR) is 108 cm³/mol. The van der Waals surface area contributed by atoms with Crippen LogP contribution in [0.2, 0.25) is 16.6 Å². The molecule has 1 atom stereocenters. The summed E-state index contributed by atoms with van der Waals surface area (Å²) in [5.74, 6) is 0. The van der Waals surface area contributed by atoms with Crippen molar-refractivity contribution in [3.8, 4) is 0 Å². The highest BCUT2D eigenvalue weighted by molar-refractivity contribution is 6.77. The number of unbranched alkanes of at least 4 members (excludes halogenated alkanes) is 2. The first-order valence-corrected chi connectivity index (χ1v) is 12.4. The average Bonchev–Trinajstić information content (AvgIpc) is 3.00. The third kappa shape index (κ3) is 5.71. The summed E-state index contributed by atoms with van der Waals surface area (Å²) in [4.78, 5) is 13.7. The number of carbonyl (C=O) groups is 1. The highest BCUT2D eigenvalue weighted by atomic mass is 28.4. The summed E-state index contributed by atoms with van der Waals surface area (Å²) in [5.41, 5.74) is 1.96. The van der Waals surface area contributed by atoms with Crippen LogP contribution in [0, 0.1) is 0 Å². The second-order valence-corrected chi connectivity index (χ2v) is 13.9. The molecular weight excluding hydrogens is 330 g/mol. The highest BCUT2D eigenvalue weighted by Gasteiger charge is 2.44. The molecule has 1 fully saturated rings. The molecule has 0 radical (unpaired) electrons. The number of nitrogens with zero attached hydrogens (tertiary/aromatic N) is 1. The minimum Gasteiger partial charge on any atom is -0.453 e. The number of carbonyl (C=O) groups excluding carboxylic acids is 1. The molecule has 0 aliphatic carbocycles. The van der Waals surface area contributed by atoms with Crippen LogP contribution in [0.5, 0.6) is 0 Å². The molecule has 0 aromatic heterocycles. The third-order valence-electron chi connectivity index (χ3n) is 6.03. The van der Waals surface area contributed by atoms with Crippen LogP contribution >= 0.6 is 0 Å². The monoisotopic (exact) mass is 371 g/mol. The lowest BCUT2D eigenvalue weighted by atomic mass is 10.1. The SMILES string of the molecule is COC(=O)N1CCCC1CCCCCO[Si](C(C)C)(C(C)C)C(C)C. The first-order valence-electron chi connectivity index (χ1n) is 10.3. The van der Waals surface area contributed by atoms with E-state index in [2.05, 4.69) is 41.5 Å². The topological polar surface area (TPSA) is 38.8 Å². The number of likely N-dealkylation sites (tertiary alicyclic amines) is 1. The fourth-order valence-corrected chi connectivity index (χ4v) is 10.4. The fourth-order valence-electron chi connectivity index (χ4n) is 4.90. The van der Waals surface area contributed by atoms with Gasteiger partial charge >= 0.3 is 6.09 Å². The Hall–Kier alpha value is -0.553. The predicted octanol–water partition coefficient (Wildman–Crippen LogP) is 5.97. The lowest BCUT2D eigenvalue weighted by Gasteiger charge is -2.42. The van der Waals surface area contributed by atoms with Gasteiger partial charge in [0.15, 0.2) is 8.32 Å². The van der Waals surface area contributed by atoms with Gasteiger partial charge in [-0.3, -0.25) is 0 Å². The molecule has 0 saturated carbocycles. The van der Waals surface area contributed by atoms with E-state index < -0.39 is 8.32 Å². The van der Waals surface area contributed by atoms with Crippen molar-refractivity contribution < 1.29 is 14.0 Å². The summed E-state index contributed by atoms with van der Waals surface area (Å²) >= 11 is 0. The molecular formula is C20H41NO3Si. The van der Waals surface area contributed by atoms with Crippen molar-refractivity contribution in [1.82, 2.24) is 4.90 Å². The Morgan fingerprint density at radius 1 is 1.04 bits per heavy atom. The van der Waals surface area contributed by atoms with Gasteiger partial charge in [-0.05, 0) is 42.3 Å². The second-order valence-electron chi connectivity index (χ2n) is 8.47. The van der Waals surface area contributed by atoms with Crippen molar-refractivity contribution in [2.45, 2.75) is 103 Å². The first-order chi connectivity index (χ1) is 11.8. The van der Waals surface area contributed by atoms with Crippen LogP contribution in [0.1, 0.15) is 80.1 Å². The molecule has 25 heavy (non-hydrogen) atoms. The molecule has 0 aromatic rings. The molecule has 5 heteroatoms. The smallest absolute Gasteiger partial charge is 0.409 e. The van der Waals surface area contributed by atoms with Crippen LogP contribution in [-0.2, 0) is 9.16 Å². The lowest BCUT2D eigenvalue weighted by Crippen LogP contribution is -2.47. The van der Waals surface area contributed by atoms with Crippen molar-refractivity contribution in [3.63, 3.8) is 0 Å². The van der Waals surface area contributed by atoms with E-state index >= 15 is 0 Å². The van der Waals surface area contributed by atoms with Crippen LogP contribution in [0.3, 0.4) is 0 Å². The van der Waals surface area contributed by atoms with E-state index in [0.717, 1.165) is 38.8 Å². The van der Waals surface area contributed by atoms with Gasteiger partial charge in [0.05, 0.1) is 7.11 Å². The number of hydrogen-bond donors (Lipinski definition) is 0. The Balaban J connectivity index is 2.34. The van der Waals surface area contributed by atoms with Gasteiger partial charge in [0.2, 0.25) is 0 Å². The number of hydrogen-bond acceptors (Lipinski definition) is 3. The van der Waals surface area contributed by atoms with E-state index in [1.165, 1.54) is 20.0 Å². The average molecular weight is 372 g/mol. The maximum Gasteiger partial charge on any atom is 0.409 e. The minimum atomic E-state index is -1.71. The summed E-state index contributed by atoms with van der Waals surface area (Å²) in [6.45, 7) is 15.8. The van der Waals surface area contributed by atoms with Crippen LogP contribution in [0.4, 0.5) is 4.79 Å². The minimum absolute atomic E-state index is 0.160. The Labute approximate surface area is 156 Å². The zero-order valence-corrected chi connectivity index (χ0v) is 18.6. The highest BCUT2D eigenvalue weighted by Crippen LogP contribution is 2.42. The number of methoxy groups -OCH3 is 1. The number of rotatable bonds is 10. The lowest BCUT2D eigenvalue weighted by molar-refractivity contribution is 0.116. The fraction of sp³-hybridized carbons (Fsp3) is 0.950. The van der Waals surface area contributed by atoms with Gasteiger partial charge in [-0.2, -0.15) is 0 Å². The Morgan fingerprint density at radius 2 is 1.64 bits per heavy atom. The van der Waals surface area contributed by atoms with Crippen LogP contribution < -0.4 is 0 Å². The Morgan fingerprint density at radius 3 is 2.16 bits per heavy atom. The number of ether oxygens (including phenoxy) is 1. The largest absolute Gasteiger partial charge is 0.453 e. The van der Waals surface area contributed by atoms with Gasteiger partial charge < -0.3 is 14.1 Å². The van der Waals surface area contributed by atoms with Crippen LogP contribution in [-0.4, -0.2) is 45.6 Å². The quantitative estimate of drug-likeness (QED) is 0.351. The summed E-state index contributed by atoms with van der Waals surface area (Å²) in [6, 6.07) is 0.379. The van der Waals surface area contributed by atoms with Crippen molar-refractivity contribution in [3.05, 3.63) is 0 Å². The van der Waals surface area contributed by atoms with Crippen molar-refractivity contribution >= 4 is 14.4 Å². The van der Waals surface area contributed by atoms with E-state index in [4.69, 9.17) is 9.16 Å². The van der Waals surface area contributed by atoms with Gasteiger partial charge in [-0.1, -0.05) is 54.4 Å². The summed E-state index contributed by atoms with van der Waals surface area (Å²) in [7, 11) is -0.238. The zero-order valence-electron chi connectivity index (χ0n) is 17.6. The van der Waals surface area contributed by atoms with Gasteiger partial charge in [-0.25, -0.2) is 4.79 Å². The summed E-state index contributed by atoms with van der Waals surface area (Å²) in [5, 5.41) is 0. The van der Waals surface area contributed by atoms with E-state index in [1.54, 1.807) is 0 Å². The van der Waals surface area contributed by atoms with Crippen molar-refractivity contribution in [1.29, 1.82) is 0 Å². The van der Waals surface area contributed by atoms with Gasteiger partial charge in [0.1, 0.15) is 0 Å². The zero-order chi connectivity index (χ0) is 19.0. The molecule has 1 unspecified atom stereocenters. The molecule has 1 amide bonds. The molecule has 0 spiro atoms. The molecule has 0 bridgehead atoms. The van der Waals surface area contributed by atoms with E-state index in [-0.39, 0.29) is 6.09 Å². The number of amides is 1. The van der Waals surface area contributed by atoms with Gasteiger partial charge in [0.25, 0.3) is 0 Å². The van der Waals surface area contributed by atoms with Gasteiger partial charge in [0, 0.05) is 19.2 Å². The molecule has 148 valence electrons. The molecule has 1 aliphatic heterocycles. The normalized spacial score (nSPS) is 18.6. The molecule has 1 heterocycles. The molecule has 0 aromatic carbocycles. The van der Waals surface area contributed by atoms with Crippen LogP contribution in [0.25, 0.3) is 0 Å². The standard InChI is InChI=1S/C20H41NO3Si/c1-16(2)25(17(3)4,18(5)6)24-15-10-8-9-12-19-13-11-14-21(19)20(22)23-7/h16-19H,8-15H2,1-7H3. The Kier molecular flexibility index (Phi) is 9.50. The third-order valence-corrected chi connectivity index (χ3v) is 12.1. The molecule has 1 aliphatic rings. The van der Waals surface area contributed by atoms with E-state index in [0.29, 0.717) is 22.7 Å². The molecule has 4 nitrogen and oxygen atoms in total. The van der Waals surface area contributed by atoms with E-state index in [9.17, 15) is 4.79 Å². The van der Waals surface area contributed by atoms with Crippen molar-refractivity contribution in [2.24, 2.45) is 0 Å². The Bertz CT molecular complexity index is 377. The summed E-state index contributed by atoms with van der Waals surface area (Å²) < 4.78 is 11.5. The first kappa shape index (κ1) is 22.5. The maximum absolute atomic E-state index is 11.7.